The average molecular weight is 819 g/mol. The predicted octanol–water partition coefficient (Wildman–Crippen LogP) is 17.5. The fourth-order valence-electron chi connectivity index (χ4n) is 8.44. The molecule has 0 saturated carbocycles. The summed E-state index contributed by atoms with van der Waals surface area (Å²) < 4.78 is 0. The minimum absolute atomic E-state index is 1.10. The molecule has 0 heterocycles. The molecule has 0 aliphatic heterocycles. The topological polar surface area (TPSA) is 6.48 Å². The second-order valence-corrected chi connectivity index (χ2v) is 15.8. The molecule has 304 valence electrons. The van der Waals surface area contributed by atoms with Crippen LogP contribution in [0.15, 0.2) is 255 Å². The number of anilines is 6. The van der Waals surface area contributed by atoms with Gasteiger partial charge in [0.2, 0.25) is 0 Å². The first-order valence-electron chi connectivity index (χ1n) is 21.8. The SMILES string of the molecule is C(=C\c1ccc(/C=C/c2ccc(N(c3ccccc3)c3cccc(-c4ccccc4)c3)cc2)c2ccccc12)/c1ccc(N(c2ccccc2)c2cccc(-c3ccccc3)c2)cc1. The maximum absolute atomic E-state index is 2.32. The van der Waals surface area contributed by atoms with Crippen LogP contribution in [0.1, 0.15) is 22.3 Å². The average Bonchev–Trinajstić information content (AvgIpc) is 3.37. The van der Waals surface area contributed by atoms with Gasteiger partial charge in [0.05, 0.1) is 0 Å². The van der Waals surface area contributed by atoms with Gasteiger partial charge in [0.25, 0.3) is 0 Å². The molecule has 0 atom stereocenters. The van der Waals surface area contributed by atoms with Gasteiger partial charge in [-0.1, -0.05) is 206 Å². The Morgan fingerprint density at radius 2 is 0.531 bits per heavy atom. The maximum atomic E-state index is 2.32. The molecule has 2 heteroatoms. The zero-order valence-electron chi connectivity index (χ0n) is 35.5. The van der Waals surface area contributed by atoms with Gasteiger partial charge in [-0.15, -0.1) is 0 Å². The Morgan fingerprint density at radius 1 is 0.219 bits per heavy atom. The molecular formula is C62H46N2. The van der Waals surface area contributed by atoms with E-state index in [9.17, 15) is 0 Å². The van der Waals surface area contributed by atoms with E-state index in [2.05, 4.69) is 289 Å². The summed E-state index contributed by atoms with van der Waals surface area (Å²) in [6.45, 7) is 0. The van der Waals surface area contributed by atoms with E-state index in [1.807, 2.05) is 0 Å². The molecule has 64 heavy (non-hydrogen) atoms. The molecule has 0 radical (unpaired) electrons. The van der Waals surface area contributed by atoms with Gasteiger partial charge in [-0.2, -0.15) is 0 Å². The lowest BCUT2D eigenvalue weighted by molar-refractivity contribution is 1.28. The van der Waals surface area contributed by atoms with E-state index in [1.165, 1.54) is 44.2 Å². The molecule has 0 saturated heterocycles. The summed E-state index contributed by atoms with van der Waals surface area (Å²) in [4.78, 5) is 4.64. The van der Waals surface area contributed by atoms with Crippen LogP contribution in [-0.2, 0) is 0 Å². The van der Waals surface area contributed by atoms with Crippen LogP contribution in [-0.4, -0.2) is 0 Å². The minimum atomic E-state index is 1.10. The molecular weight excluding hydrogens is 773 g/mol. The van der Waals surface area contributed by atoms with Gasteiger partial charge in [0.1, 0.15) is 0 Å². The van der Waals surface area contributed by atoms with Gasteiger partial charge in [0, 0.05) is 34.1 Å². The van der Waals surface area contributed by atoms with Gasteiger partial charge in [-0.3, -0.25) is 0 Å². The second kappa shape index (κ2) is 18.7. The molecule has 0 fully saturated rings. The molecule has 0 amide bonds. The number of rotatable bonds is 12. The van der Waals surface area contributed by atoms with Crippen molar-refractivity contribution in [1.29, 1.82) is 0 Å². The number of benzene rings is 10. The fraction of sp³-hybridized carbons (Fsp3) is 0. The van der Waals surface area contributed by atoms with E-state index >= 15 is 0 Å². The summed E-state index contributed by atoms with van der Waals surface area (Å²) in [6, 6.07) is 90.6. The van der Waals surface area contributed by atoms with Gasteiger partial charge < -0.3 is 9.80 Å². The van der Waals surface area contributed by atoms with Crippen molar-refractivity contribution in [1.82, 2.24) is 0 Å². The van der Waals surface area contributed by atoms with E-state index in [1.54, 1.807) is 0 Å². The first kappa shape index (κ1) is 39.7. The number of nitrogens with zero attached hydrogens (tertiary/aromatic N) is 2. The smallest absolute Gasteiger partial charge is 0.0467 e. The molecule has 0 spiro atoms. The van der Waals surface area contributed by atoms with E-state index in [0.717, 1.165) is 45.3 Å². The van der Waals surface area contributed by atoms with Crippen LogP contribution in [0.4, 0.5) is 34.1 Å². The van der Waals surface area contributed by atoms with Crippen molar-refractivity contribution in [2.24, 2.45) is 0 Å². The summed E-state index contributed by atoms with van der Waals surface area (Å²) in [5.41, 5.74) is 16.1. The third-order valence-electron chi connectivity index (χ3n) is 11.7. The number of hydrogen-bond donors (Lipinski definition) is 0. The van der Waals surface area contributed by atoms with Crippen molar-refractivity contribution in [3.05, 3.63) is 277 Å². The van der Waals surface area contributed by atoms with Crippen LogP contribution in [0.2, 0.25) is 0 Å². The van der Waals surface area contributed by atoms with Gasteiger partial charge in [-0.25, -0.2) is 0 Å². The third kappa shape index (κ3) is 8.81. The summed E-state index contributed by atoms with van der Waals surface area (Å²) in [5, 5.41) is 2.44. The zero-order chi connectivity index (χ0) is 42.9. The third-order valence-corrected chi connectivity index (χ3v) is 11.7. The van der Waals surface area contributed by atoms with Crippen LogP contribution in [0.5, 0.6) is 0 Å². The van der Waals surface area contributed by atoms with Crippen LogP contribution in [0.25, 0.3) is 57.3 Å². The Balaban J connectivity index is 0.887. The predicted molar refractivity (Wildman–Crippen MR) is 275 cm³/mol. The lowest BCUT2D eigenvalue weighted by Crippen LogP contribution is -2.09. The number of para-hydroxylation sites is 2. The minimum Gasteiger partial charge on any atom is -0.310 e. The molecule has 0 aromatic heterocycles. The van der Waals surface area contributed by atoms with Crippen molar-refractivity contribution < 1.29 is 0 Å². The van der Waals surface area contributed by atoms with E-state index in [4.69, 9.17) is 0 Å². The summed E-state index contributed by atoms with van der Waals surface area (Å²) in [6.07, 6.45) is 8.89. The van der Waals surface area contributed by atoms with E-state index in [-0.39, 0.29) is 0 Å². The number of fused-ring (bicyclic) bond motifs is 1. The molecule has 10 aromatic carbocycles. The lowest BCUT2D eigenvalue weighted by atomic mass is 9.98. The zero-order valence-corrected chi connectivity index (χ0v) is 35.5. The Kier molecular flexibility index (Phi) is 11.6. The first-order chi connectivity index (χ1) is 31.7. The maximum Gasteiger partial charge on any atom is 0.0467 e. The summed E-state index contributed by atoms with van der Waals surface area (Å²) in [7, 11) is 0. The summed E-state index contributed by atoms with van der Waals surface area (Å²) >= 11 is 0. The highest BCUT2D eigenvalue weighted by Crippen LogP contribution is 2.38. The Bertz CT molecular complexity index is 2960. The second-order valence-electron chi connectivity index (χ2n) is 15.8. The molecule has 0 bridgehead atoms. The van der Waals surface area contributed by atoms with Crippen LogP contribution in [0, 0.1) is 0 Å². The molecule has 10 rings (SSSR count). The lowest BCUT2D eigenvalue weighted by Gasteiger charge is -2.26. The normalized spacial score (nSPS) is 11.3. The van der Waals surface area contributed by atoms with Gasteiger partial charge in [0.15, 0.2) is 0 Å². The van der Waals surface area contributed by atoms with Crippen molar-refractivity contribution in [3.8, 4) is 22.3 Å². The van der Waals surface area contributed by atoms with E-state index in [0.29, 0.717) is 0 Å². The highest BCUT2D eigenvalue weighted by Gasteiger charge is 2.15. The van der Waals surface area contributed by atoms with Crippen molar-refractivity contribution >= 4 is 69.2 Å². The largest absolute Gasteiger partial charge is 0.310 e. The van der Waals surface area contributed by atoms with Gasteiger partial charge in [-0.05, 0) is 128 Å². The van der Waals surface area contributed by atoms with Crippen LogP contribution in [0.3, 0.4) is 0 Å². The Hall–Kier alpha value is -8.46. The number of hydrogen-bond acceptors (Lipinski definition) is 2. The molecule has 10 aromatic rings. The van der Waals surface area contributed by atoms with Gasteiger partial charge >= 0.3 is 0 Å². The quantitative estimate of drug-likeness (QED) is 0.113. The molecule has 0 N–H and O–H groups in total. The van der Waals surface area contributed by atoms with Crippen molar-refractivity contribution in [2.45, 2.75) is 0 Å². The molecule has 2 nitrogen and oxygen atoms in total. The fourth-order valence-corrected chi connectivity index (χ4v) is 8.44. The highest BCUT2D eigenvalue weighted by molar-refractivity contribution is 5.99. The molecule has 0 unspecified atom stereocenters. The Morgan fingerprint density at radius 3 is 0.922 bits per heavy atom. The van der Waals surface area contributed by atoms with Crippen LogP contribution < -0.4 is 9.80 Å². The standard InChI is InChI=1S/C62H46N2/c1-5-17-49(18-6-1)53-21-15-27-59(45-53)63(55-23-9-3-10-24-55)57-41-33-47(34-42-57)31-37-51-39-40-52(62-30-14-13-29-61(51)62)38-32-48-35-43-58(44-36-48)64(56-25-11-4-12-26-56)60-28-16-22-54(46-60)50-19-7-2-8-20-50/h1-46H/b37-31+,38-32+. The highest BCUT2D eigenvalue weighted by atomic mass is 15.1. The molecule has 0 aliphatic carbocycles. The first-order valence-corrected chi connectivity index (χ1v) is 21.8. The van der Waals surface area contributed by atoms with Crippen LogP contribution >= 0.6 is 0 Å². The van der Waals surface area contributed by atoms with Crippen molar-refractivity contribution in [2.75, 3.05) is 9.80 Å². The van der Waals surface area contributed by atoms with E-state index < -0.39 is 0 Å². The van der Waals surface area contributed by atoms with Crippen molar-refractivity contribution in [3.63, 3.8) is 0 Å². The molecule has 0 aliphatic rings. The Labute approximate surface area is 376 Å². The summed E-state index contributed by atoms with van der Waals surface area (Å²) in [5.74, 6) is 0. The monoisotopic (exact) mass is 818 g/mol.